The van der Waals surface area contributed by atoms with E-state index in [9.17, 15) is 15.8 Å². The molecule has 0 aliphatic rings. The molecule has 13 aromatic rings. The molecule has 8 nitrogen and oxygen atoms in total. The highest BCUT2D eigenvalue weighted by molar-refractivity contribution is 6.40. The summed E-state index contributed by atoms with van der Waals surface area (Å²) in [5, 5.41) is 37.3. The Morgan fingerprint density at radius 3 is 1.25 bits per heavy atom. The van der Waals surface area contributed by atoms with E-state index in [0.717, 1.165) is 105 Å². The Labute approximate surface area is 395 Å². The minimum absolute atomic E-state index is 0.480. The molecule has 318 valence electrons. The van der Waals surface area contributed by atoms with Crippen LogP contribution in [0.3, 0.4) is 0 Å². The molecule has 0 bridgehead atoms. The molecule has 4 heterocycles. The second-order valence-corrected chi connectivity index (χ2v) is 17.1. The van der Waals surface area contributed by atoms with Gasteiger partial charge in [0, 0.05) is 60.4 Å². The average molecular weight is 879 g/mol. The molecule has 0 atom stereocenters. The number of hydrogen-bond acceptors (Lipinski definition) is 5. The van der Waals surface area contributed by atoms with Gasteiger partial charge in [-0.25, -0.2) is 9.97 Å². The van der Waals surface area contributed by atoms with Gasteiger partial charge in [0.1, 0.15) is 6.07 Å². The van der Waals surface area contributed by atoms with E-state index in [1.807, 2.05) is 121 Å². The third-order valence-corrected chi connectivity index (χ3v) is 13.3. The summed E-state index contributed by atoms with van der Waals surface area (Å²) < 4.78 is 6.92. The summed E-state index contributed by atoms with van der Waals surface area (Å²) in [7, 11) is 0. The largest absolute Gasteiger partial charge is 0.308 e. The third-order valence-electron chi connectivity index (χ3n) is 13.3. The summed E-state index contributed by atoms with van der Waals surface area (Å²) in [6, 6.07) is 76.3. The van der Waals surface area contributed by atoms with Gasteiger partial charge >= 0.3 is 0 Å². The Morgan fingerprint density at radius 1 is 0.348 bits per heavy atom. The predicted molar refractivity (Wildman–Crippen MR) is 276 cm³/mol. The topological polar surface area (TPSA) is 112 Å². The molecule has 4 aromatic heterocycles. The lowest BCUT2D eigenvalue weighted by Gasteiger charge is -2.15. The highest BCUT2D eigenvalue weighted by Gasteiger charge is 2.29. The number of rotatable bonds is 6. The molecule has 69 heavy (non-hydrogen) atoms. The summed E-state index contributed by atoms with van der Waals surface area (Å²) in [5.74, 6) is 0.597. The van der Waals surface area contributed by atoms with Gasteiger partial charge in [-0.05, 0) is 84.9 Å². The molecule has 0 aliphatic carbocycles. The highest BCUT2D eigenvalue weighted by Crippen LogP contribution is 2.50. The van der Waals surface area contributed by atoms with Gasteiger partial charge in [0.2, 0.25) is 0 Å². The monoisotopic (exact) mass is 878 g/mol. The SMILES string of the molecule is N#Cc1ccc(-n2c3ccccc3c3c2c2c4ccccc4n(-c4ccc(-c5cc(-c6ccccc6)nc(-c6ccccc6)n5)cc4C#N)c2c2c4ccccc4n(-c4ccc(C#N)cc4)c32)cc1. The molecule has 0 aliphatic heterocycles. The molecule has 9 aromatic carbocycles. The van der Waals surface area contributed by atoms with Crippen LogP contribution in [0.15, 0.2) is 206 Å². The lowest BCUT2D eigenvalue weighted by atomic mass is 10.0. The fourth-order valence-electron chi connectivity index (χ4n) is 10.4. The van der Waals surface area contributed by atoms with E-state index >= 15 is 0 Å². The first kappa shape index (κ1) is 39.3. The zero-order valence-corrected chi connectivity index (χ0v) is 36.7. The van der Waals surface area contributed by atoms with Crippen LogP contribution in [0.25, 0.3) is 116 Å². The van der Waals surface area contributed by atoms with Crippen LogP contribution in [-0.4, -0.2) is 23.7 Å². The fraction of sp³-hybridized carbons (Fsp3) is 0. The average Bonchev–Trinajstić information content (AvgIpc) is 4.07. The van der Waals surface area contributed by atoms with Gasteiger partial charge in [-0.15, -0.1) is 0 Å². The molecule has 0 saturated carbocycles. The molecule has 13 rings (SSSR count). The van der Waals surface area contributed by atoms with Crippen LogP contribution in [0.2, 0.25) is 0 Å². The molecular weight excluding hydrogens is 845 g/mol. The summed E-state index contributed by atoms with van der Waals surface area (Å²) in [4.78, 5) is 10.1. The van der Waals surface area contributed by atoms with Crippen molar-refractivity contribution in [2.45, 2.75) is 0 Å². The third kappa shape index (κ3) is 5.99. The van der Waals surface area contributed by atoms with Crippen molar-refractivity contribution >= 4 is 65.4 Å². The molecular formula is C61H34N8. The minimum atomic E-state index is 0.480. The number of fused-ring (bicyclic) bond motifs is 12. The van der Waals surface area contributed by atoms with E-state index in [1.54, 1.807) is 0 Å². The maximum absolute atomic E-state index is 11.3. The summed E-state index contributed by atoms with van der Waals surface area (Å²) >= 11 is 0. The summed E-state index contributed by atoms with van der Waals surface area (Å²) in [5.41, 5.74) is 14.2. The minimum Gasteiger partial charge on any atom is -0.308 e. The Kier molecular flexibility index (Phi) is 8.85. The van der Waals surface area contributed by atoms with Crippen LogP contribution in [0.5, 0.6) is 0 Å². The highest BCUT2D eigenvalue weighted by atomic mass is 15.0. The van der Waals surface area contributed by atoms with Gasteiger partial charge in [0.15, 0.2) is 5.82 Å². The first-order valence-corrected chi connectivity index (χ1v) is 22.6. The van der Waals surface area contributed by atoms with Gasteiger partial charge in [-0.1, -0.05) is 121 Å². The van der Waals surface area contributed by atoms with Gasteiger partial charge in [-0.2, -0.15) is 15.8 Å². The zero-order chi connectivity index (χ0) is 46.2. The van der Waals surface area contributed by atoms with Crippen LogP contribution in [0, 0.1) is 34.0 Å². The van der Waals surface area contributed by atoms with Crippen LogP contribution in [-0.2, 0) is 0 Å². The number of aromatic nitrogens is 5. The Morgan fingerprint density at radius 2 is 0.768 bits per heavy atom. The number of hydrogen-bond donors (Lipinski definition) is 0. The van der Waals surface area contributed by atoms with E-state index in [4.69, 9.17) is 9.97 Å². The normalized spacial score (nSPS) is 11.4. The smallest absolute Gasteiger partial charge is 0.160 e. The molecule has 0 spiro atoms. The van der Waals surface area contributed by atoms with Crippen LogP contribution in [0.1, 0.15) is 16.7 Å². The predicted octanol–water partition coefficient (Wildman–Crippen LogP) is 14.4. The van der Waals surface area contributed by atoms with E-state index in [-0.39, 0.29) is 0 Å². The maximum Gasteiger partial charge on any atom is 0.160 e. The second kappa shape index (κ2) is 15.5. The molecule has 0 fully saturated rings. The van der Waals surface area contributed by atoms with Crippen molar-refractivity contribution in [2.24, 2.45) is 0 Å². The first-order valence-electron chi connectivity index (χ1n) is 22.6. The molecule has 0 unspecified atom stereocenters. The molecule has 0 radical (unpaired) electrons. The zero-order valence-electron chi connectivity index (χ0n) is 36.7. The summed E-state index contributed by atoms with van der Waals surface area (Å²) in [6.07, 6.45) is 0. The Bertz CT molecular complexity index is 4220. The first-order chi connectivity index (χ1) is 34.1. The van der Waals surface area contributed by atoms with E-state index in [1.165, 1.54) is 0 Å². The van der Waals surface area contributed by atoms with Crippen molar-refractivity contribution < 1.29 is 0 Å². The van der Waals surface area contributed by atoms with Gasteiger partial charge < -0.3 is 13.7 Å². The molecule has 0 saturated heterocycles. The number of para-hydroxylation sites is 3. The number of benzene rings is 9. The maximum atomic E-state index is 11.3. The fourth-order valence-corrected chi connectivity index (χ4v) is 10.4. The standard InChI is InChI=1S/C61H34N8/c62-35-38-23-28-44(29-24-38)67-52-20-10-7-17-46(52)55-58-56(47-18-8-11-21-53(47)68(58)45-30-25-39(36-63)26-31-45)60-57(59(55)67)48-19-9-12-22-54(48)69(60)51-32-27-42(33-43(51)37-64)50-34-49(40-13-3-1-4-14-40)65-61(66-50)41-15-5-2-6-16-41/h1-34H. The van der Waals surface area contributed by atoms with E-state index in [0.29, 0.717) is 28.2 Å². The number of nitrogens with zero attached hydrogens (tertiary/aromatic N) is 8. The number of nitriles is 3. The molecule has 8 heteroatoms. The lowest BCUT2D eigenvalue weighted by Crippen LogP contribution is -2.01. The Hall–Kier alpha value is -10.1. The van der Waals surface area contributed by atoms with Crippen LogP contribution < -0.4 is 0 Å². The second-order valence-electron chi connectivity index (χ2n) is 17.1. The Balaban J connectivity index is 1.19. The van der Waals surface area contributed by atoms with Crippen molar-refractivity contribution in [1.29, 1.82) is 15.8 Å². The van der Waals surface area contributed by atoms with E-state index < -0.39 is 0 Å². The van der Waals surface area contributed by atoms with Crippen LogP contribution in [0.4, 0.5) is 0 Å². The van der Waals surface area contributed by atoms with Crippen molar-refractivity contribution in [2.75, 3.05) is 0 Å². The summed E-state index contributed by atoms with van der Waals surface area (Å²) in [6.45, 7) is 0. The van der Waals surface area contributed by atoms with E-state index in [2.05, 4.69) is 117 Å². The quantitative estimate of drug-likeness (QED) is 0.165. The van der Waals surface area contributed by atoms with Crippen molar-refractivity contribution in [1.82, 2.24) is 23.7 Å². The van der Waals surface area contributed by atoms with Crippen LogP contribution >= 0.6 is 0 Å². The van der Waals surface area contributed by atoms with Crippen molar-refractivity contribution in [3.8, 4) is 69.2 Å². The van der Waals surface area contributed by atoms with Crippen molar-refractivity contribution in [3.05, 3.63) is 223 Å². The lowest BCUT2D eigenvalue weighted by molar-refractivity contribution is 1.16. The molecule has 0 N–H and O–H groups in total. The van der Waals surface area contributed by atoms with Gasteiger partial charge in [0.25, 0.3) is 0 Å². The molecule has 0 amide bonds. The van der Waals surface area contributed by atoms with Gasteiger partial charge in [-0.3, -0.25) is 0 Å². The van der Waals surface area contributed by atoms with Crippen molar-refractivity contribution in [3.63, 3.8) is 0 Å². The van der Waals surface area contributed by atoms with Gasteiger partial charge in [0.05, 0.1) is 79.0 Å².